The molecule has 122 valence electrons. The summed E-state index contributed by atoms with van der Waals surface area (Å²) in [6.07, 6.45) is 3.39. The predicted octanol–water partition coefficient (Wildman–Crippen LogP) is 4.70. The second kappa shape index (κ2) is 6.32. The van der Waals surface area contributed by atoms with Crippen LogP contribution in [0.15, 0.2) is 30.3 Å². The molecule has 0 saturated carbocycles. The molecule has 1 aliphatic carbocycles. The van der Waals surface area contributed by atoms with Gasteiger partial charge in [-0.2, -0.15) is 0 Å². The van der Waals surface area contributed by atoms with Gasteiger partial charge < -0.3 is 5.32 Å². The summed E-state index contributed by atoms with van der Waals surface area (Å²) in [5.41, 5.74) is 4.56. The molecule has 2 heterocycles. The van der Waals surface area contributed by atoms with Crippen molar-refractivity contribution in [3.8, 4) is 11.1 Å². The Hall–Kier alpha value is -2.27. The Labute approximate surface area is 145 Å². The number of benzene rings is 1. The minimum atomic E-state index is 0.209. The van der Waals surface area contributed by atoms with Crippen molar-refractivity contribution in [3.05, 3.63) is 41.6 Å². The third kappa shape index (κ3) is 2.59. The van der Waals surface area contributed by atoms with E-state index in [1.54, 1.807) is 11.3 Å². The number of nitrogens with zero attached hydrogens (tertiary/aromatic N) is 2. The van der Waals surface area contributed by atoms with Crippen LogP contribution in [0.3, 0.4) is 0 Å². The zero-order chi connectivity index (χ0) is 16.5. The average Bonchev–Trinajstić information content (AvgIpc) is 3.01. The van der Waals surface area contributed by atoms with E-state index in [0.717, 1.165) is 63.7 Å². The summed E-state index contributed by atoms with van der Waals surface area (Å²) >= 11 is 1.60. The lowest BCUT2D eigenvalue weighted by Gasteiger charge is -2.18. The minimum absolute atomic E-state index is 0.209. The molecule has 0 unspecified atom stereocenters. The summed E-state index contributed by atoms with van der Waals surface area (Å²) in [6.45, 7) is 3.02. The molecule has 1 N–H and O–H groups in total. The molecule has 2 aromatic heterocycles. The van der Waals surface area contributed by atoms with Crippen molar-refractivity contribution in [1.29, 1.82) is 0 Å². The van der Waals surface area contributed by atoms with Gasteiger partial charge in [-0.1, -0.05) is 48.6 Å². The summed E-state index contributed by atoms with van der Waals surface area (Å²) in [5.74, 6) is 0.209. The van der Waals surface area contributed by atoms with Gasteiger partial charge in [0.1, 0.15) is 0 Å². The average molecular weight is 337 g/mol. The van der Waals surface area contributed by atoms with Gasteiger partial charge >= 0.3 is 0 Å². The summed E-state index contributed by atoms with van der Waals surface area (Å²) in [5, 5.41) is 4.23. The fourth-order valence-electron chi connectivity index (χ4n) is 3.20. The maximum atomic E-state index is 12.6. The van der Waals surface area contributed by atoms with Crippen LogP contribution in [0, 0.1) is 0 Å². The van der Waals surface area contributed by atoms with E-state index in [2.05, 4.69) is 29.4 Å². The van der Waals surface area contributed by atoms with E-state index in [1.165, 1.54) is 0 Å². The summed E-state index contributed by atoms with van der Waals surface area (Å²) in [7, 11) is 0. The highest BCUT2D eigenvalue weighted by Gasteiger charge is 2.26. The number of carbonyl (C=O) groups is 1. The van der Waals surface area contributed by atoms with E-state index in [1.807, 2.05) is 18.2 Å². The molecule has 4 rings (SSSR count). The van der Waals surface area contributed by atoms with Crippen LogP contribution in [0.25, 0.3) is 21.5 Å². The predicted molar refractivity (Wildman–Crippen MR) is 98.9 cm³/mol. The van der Waals surface area contributed by atoms with E-state index in [4.69, 9.17) is 4.98 Å². The lowest BCUT2D eigenvalue weighted by Crippen LogP contribution is -2.14. The second-order valence-corrected chi connectivity index (χ2v) is 7.05. The van der Waals surface area contributed by atoms with Crippen LogP contribution < -0.4 is 5.32 Å². The van der Waals surface area contributed by atoms with Crippen molar-refractivity contribution in [3.63, 3.8) is 0 Å². The van der Waals surface area contributed by atoms with Crippen LogP contribution in [0.1, 0.15) is 42.2 Å². The highest BCUT2D eigenvalue weighted by atomic mass is 32.1. The summed E-state index contributed by atoms with van der Waals surface area (Å²) < 4.78 is 1.01. The monoisotopic (exact) mass is 337 g/mol. The highest BCUT2D eigenvalue weighted by Crippen LogP contribution is 2.40. The van der Waals surface area contributed by atoms with Crippen molar-refractivity contribution < 1.29 is 4.79 Å². The standard InChI is InChI=1S/C19H19N3OS/c1-2-11-20-19-22-18-17(24-19)15(12-7-4-3-5-8-12)16-13(21-18)9-6-10-14(16)23/h3-5,7-8H,2,6,9-11H2,1H3,(H,20,21,22). The number of aryl methyl sites for hydroxylation is 1. The van der Waals surface area contributed by atoms with E-state index >= 15 is 0 Å². The maximum Gasteiger partial charge on any atom is 0.185 e. The Kier molecular flexibility index (Phi) is 4.02. The van der Waals surface area contributed by atoms with Crippen molar-refractivity contribution in [2.45, 2.75) is 32.6 Å². The van der Waals surface area contributed by atoms with E-state index in [0.29, 0.717) is 6.42 Å². The van der Waals surface area contributed by atoms with Crippen LogP contribution in [-0.4, -0.2) is 22.3 Å². The molecule has 0 saturated heterocycles. The molecule has 0 amide bonds. The fourth-order valence-corrected chi connectivity index (χ4v) is 4.21. The zero-order valence-corrected chi connectivity index (χ0v) is 14.4. The molecular weight excluding hydrogens is 318 g/mol. The molecular formula is C19H19N3OS. The van der Waals surface area contributed by atoms with Crippen molar-refractivity contribution >= 4 is 32.6 Å². The van der Waals surface area contributed by atoms with Crippen LogP contribution in [0.4, 0.5) is 5.13 Å². The number of rotatable bonds is 4. The molecule has 1 aliphatic rings. The number of hydrogen-bond donors (Lipinski definition) is 1. The Bertz CT molecular complexity index is 902. The van der Waals surface area contributed by atoms with Crippen LogP contribution in [0.5, 0.6) is 0 Å². The third-order valence-corrected chi connectivity index (χ3v) is 5.32. The Balaban J connectivity index is 1.99. The number of carbonyl (C=O) groups excluding carboxylic acids is 1. The van der Waals surface area contributed by atoms with Gasteiger partial charge in [-0.05, 0) is 24.8 Å². The number of hydrogen-bond acceptors (Lipinski definition) is 5. The van der Waals surface area contributed by atoms with Crippen molar-refractivity contribution in [1.82, 2.24) is 9.97 Å². The number of fused-ring (bicyclic) bond motifs is 2. The fraction of sp³-hybridized carbons (Fsp3) is 0.316. The summed E-state index contributed by atoms with van der Waals surface area (Å²) in [4.78, 5) is 22.0. The van der Waals surface area contributed by atoms with E-state index in [9.17, 15) is 4.79 Å². The molecule has 0 fully saturated rings. The number of anilines is 1. The summed E-state index contributed by atoms with van der Waals surface area (Å²) in [6, 6.07) is 10.2. The third-order valence-electron chi connectivity index (χ3n) is 4.30. The molecule has 5 heteroatoms. The van der Waals surface area contributed by atoms with E-state index < -0.39 is 0 Å². The lowest BCUT2D eigenvalue weighted by atomic mass is 9.88. The zero-order valence-electron chi connectivity index (χ0n) is 13.6. The Morgan fingerprint density at radius 1 is 1.12 bits per heavy atom. The molecule has 1 aromatic carbocycles. The molecule has 0 radical (unpaired) electrons. The van der Waals surface area contributed by atoms with Gasteiger partial charge in [0.2, 0.25) is 0 Å². The highest BCUT2D eigenvalue weighted by molar-refractivity contribution is 7.22. The number of Topliss-reactive ketones (excluding diaryl/α,β-unsaturated/α-hetero) is 1. The number of pyridine rings is 1. The first-order valence-corrected chi connectivity index (χ1v) is 9.25. The molecule has 24 heavy (non-hydrogen) atoms. The second-order valence-electron chi connectivity index (χ2n) is 6.05. The Morgan fingerprint density at radius 3 is 2.75 bits per heavy atom. The largest absolute Gasteiger partial charge is 0.361 e. The first-order valence-electron chi connectivity index (χ1n) is 8.44. The van der Waals surface area contributed by atoms with Crippen LogP contribution >= 0.6 is 11.3 Å². The van der Waals surface area contributed by atoms with Gasteiger partial charge in [0.25, 0.3) is 0 Å². The number of ketones is 1. The van der Waals surface area contributed by atoms with Crippen molar-refractivity contribution in [2.24, 2.45) is 0 Å². The SMILES string of the molecule is CCCNc1nc2nc3c(c(-c4ccccc4)c2s1)C(=O)CCC3. The van der Waals surface area contributed by atoms with Gasteiger partial charge in [0, 0.05) is 24.1 Å². The molecule has 3 aromatic rings. The topological polar surface area (TPSA) is 54.9 Å². The quantitative estimate of drug-likeness (QED) is 0.750. The first kappa shape index (κ1) is 15.3. The van der Waals surface area contributed by atoms with Crippen LogP contribution in [0.2, 0.25) is 0 Å². The Morgan fingerprint density at radius 2 is 1.96 bits per heavy atom. The smallest absolute Gasteiger partial charge is 0.185 e. The molecule has 4 nitrogen and oxygen atoms in total. The number of nitrogens with one attached hydrogen (secondary N) is 1. The lowest BCUT2D eigenvalue weighted by molar-refractivity contribution is 0.0972. The minimum Gasteiger partial charge on any atom is -0.361 e. The number of aromatic nitrogens is 2. The van der Waals surface area contributed by atoms with Crippen LogP contribution in [-0.2, 0) is 6.42 Å². The maximum absolute atomic E-state index is 12.6. The molecule has 0 atom stereocenters. The van der Waals surface area contributed by atoms with Gasteiger partial charge in [0.05, 0.1) is 10.4 Å². The first-order chi connectivity index (χ1) is 11.8. The molecule has 0 aliphatic heterocycles. The van der Waals surface area contributed by atoms with Gasteiger partial charge in [-0.15, -0.1) is 0 Å². The van der Waals surface area contributed by atoms with Gasteiger partial charge in [0.15, 0.2) is 16.6 Å². The van der Waals surface area contributed by atoms with Gasteiger partial charge in [-0.25, -0.2) is 9.97 Å². The molecule has 0 bridgehead atoms. The van der Waals surface area contributed by atoms with E-state index in [-0.39, 0.29) is 5.78 Å². The number of thiazole rings is 1. The molecule has 0 spiro atoms. The van der Waals surface area contributed by atoms with Crippen molar-refractivity contribution in [2.75, 3.05) is 11.9 Å². The van der Waals surface area contributed by atoms with Gasteiger partial charge in [-0.3, -0.25) is 4.79 Å². The normalized spacial score (nSPS) is 14.0.